The average Bonchev–Trinajstić information content (AvgIpc) is 2.96. The van der Waals surface area contributed by atoms with Crippen LogP contribution in [0.3, 0.4) is 0 Å². The zero-order valence-electron chi connectivity index (χ0n) is 9.48. The quantitative estimate of drug-likeness (QED) is 0.815. The number of hydrogen-bond acceptors (Lipinski definition) is 3. The SMILES string of the molecule is CCNC(CCc1cccs1)c1cccs1. The molecule has 0 aliphatic carbocycles. The van der Waals surface area contributed by atoms with Gasteiger partial charge in [0.1, 0.15) is 0 Å². The van der Waals surface area contributed by atoms with Crippen molar-refractivity contribution in [1.82, 2.24) is 5.32 Å². The fraction of sp³-hybridized carbons (Fsp3) is 0.385. The highest BCUT2D eigenvalue weighted by atomic mass is 32.1. The summed E-state index contributed by atoms with van der Waals surface area (Å²) in [7, 11) is 0. The molecule has 0 amide bonds. The van der Waals surface area contributed by atoms with Crippen molar-refractivity contribution < 1.29 is 0 Å². The first-order chi connectivity index (χ1) is 7.90. The molecule has 0 spiro atoms. The Morgan fingerprint density at radius 2 is 2.00 bits per heavy atom. The molecule has 1 N–H and O–H groups in total. The Morgan fingerprint density at radius 1 is 1.19 bits per heavy atom. The highest BCUT2D eigenvalue weighted by Gasteiger charge is 2.11. The highest BCUT2D eigenvalue weighted by Crippen LogP contribution is 2.24. The molecule has 0 saturated carbocycles. The molecule has 0 aromatic carbocycles. The Bertz CT molecular complexity index is 378. The van der Waals surface area contributed by atoms with Gasteiger partial charge in [0.05, 0.1) is 0 Å². The predicted octanol–water partition coefficient (Wildman–Crippen LogP) is 4.09. The summed E-state index contributed by atoms with van der Waals surface area (Å²) in [6.45, 7) is 3.21. The molecule has 16 heavy (non-hydrogen) atoms. The Labute approximate surface area is 105 Å². The maximum absolute atomic E-state index is 3.56. The van der Waals surface area contributed by atoms with Gasteiger partial charge in [0.25, 0.3) is 0 Å². The first kappa shape index (κ1) is 11.8. The molecule has 3 heteroatoms. The molecule has 0 aliphatic heterocycles. The van der Waals surface area contributed by atoms with Crippen LogP contribution in [0.2, 0.25) is 0 Å². The third kappa shape index (κ3) is 3.17. The van der Waals surface area contributed by atoms with Crippen LogP contribution in [-0.2, 0) is 6.42 Å². The van der Waals surface area contributed by atoms with Crippen molar-refractivity contribution >= 4 is 22.7 Å². The fourth-order valence-corrected chi connectivity index (χ4v) is 3.38. The summed E-state index contributed by atoms with van der Waals surface area (Å²) in [6.07, 6.45) is 2.36. The molecule has 0 aliphatic rings. The minimum Gasteiger partial charge on any atom is -0.310 e. The van der Waals surface area contributed by atoms with Crippen LogP contribution in [0.15, 0.2) is 35.0 Å². The third-order valence-corrected chi connectivity index (χ3v) is 4.52. The Balaban J connectivity index is 1.93. The molecule has 1 atom stereocenters. The summed E-state index contributed by atoms with van der Waals surface area (Å²) in [5, 5.41) is 7.88. The van der Waals surface area contributed by atoms with Crippen LogP contribution in [-0.4, -0.2) is 6.54 Å². The van der Waals surface area contributed by atoms with Gasteiger partial charge in [0.2, 0.25) is 0 Å². The van der Waals surface area contributed by atoms with E-state index in [1.807, 2.05) is 22.7 Å². The minimum absolute atomic E-state index is 0.520. The second kappa shape index (κ2) is 6.18. The van der Waals surface area contributed by atoms with Crippen molar-refractivity contribution in [2.45, 2.75) is 25.8 Å². The smallest absolute Gasteiger partial charge is 0.0418 e. The number of thiophene rings is 2. The van der Waals surface area contributed by atoms with Crippen molar-refractivity contribution in [2.75, 3.05) is 6.54 Å². The molecule has 2 aromatic heterocycles. The van der Waals surface area contributed by atoms with Crippen LogP contribution in [0.25, 0.3) is 0 Å². The predicted molar refractivity (Wildman–Crippen MR) is 73.4 cm³/mol. The minimum atomic E-state index is 0.520. The first-order valence-electron chi connectivity index (χ1n) is 5.69. The largest absolute Gasteiger partial charge is 0.310 e. The van der Waals surface area contributed by atoms with Gasteiger partial charge in [-0.3, -0.25) is 0 Å². The molecule has 0 bridgehead atoms. The topological polar surface area (TPSA) is 12.0 Å². The molecule has 1 nitrogen and oxygen atoms in total. The molecule has 1 unspecified atom stereocenters. The van der Waals surface area contributed by atoms with E-state index in [1.54, 1.807) is 0 Å². The monoisotopic (exact) mass is 251 g/mol. The Morgan fingerprint density at radius 3 is 2.62 bits per heavy atom. The lowest BCUT2D eigenvalue weighted by Crippen LogP contribution is -2.20. The van der Waals surface area contributed by atoms with Crippen molar-refractivity contribution in [2.24, 2.45) is 0 Å². The lowest BCUT2D eigenvalue weighted by molar-refractivity contribution is 0.524. The van der Waals surface area contributed by atoms with Crippen LogP contribution in [0.5, 0.6) is 0 Å². The van der Waals surface area contributed by atoms with Crippen LogP contribution < -0.4 is 5.32 Å². The summed E-state index contributed by atoms with van der Waals surface area (Å²) >= 11 is 3.70. The molecule has 2 aromatic rings. The van der Waals surface area contributed by atoms with E-state index in [0.29, 0.717) is 6.04 Å². The number of aryl methyl sites for hydroxylation is 1. The van der Waals surface area contributed by atoms with Crippen molar-refractivity contribution in [3.63, 3.8) is 0 Å². The molecule has 86 valence electrons. The number of rotatable bonds is 6. The van der Waals surface area contributed by atoms with Gasteiger partial charge in [0, 0.05) is 15.8 Å². The van der Waals surface area contributed by atoms with Gasteiger partial charge in [-0.05, 0) is 42.3 Å². The van der Waals surface area contributed by atoms with Gasteiger partial charge in [-0.25, -0.2) is 0 Å². The van der Waals surface area contributed by atoms with E-state index in [-0.39, 0.29) is 0 Å². The van der Waals surface area contributed by atoms with Gasteiger partial charge in [-0.15, -0.1) is 22.7 Å². The summed E-state index contributed by atoms with van der Waals surface area (Å²) in [4.78, 5) is 2.94. The summed E-state index contributed by atoms with van der Waals surface area (Å²) < 4.78 is 0. The molecular formula is C13H17NS2. The molecule has 0 fully saturated rings. The number of hydrogen-bond donors (Lipinski definition) is 1. The van der Waals surface area contributed by atoms with E-state index in [0.717, 1.165) is 6.54 Å². The van der Waals surface area contributed by atoms with Crippen LogP contribution in [0, 0.1) is 0 Å². The second-order valence-electron chi connectivity index (χ2n) is 3.74. The highest BCUT2D eigenvalue weighted by molar-refractivity contribution is 7.10. The zero-order valence-corrected chi connectivity index (χ0v) is 11.1. The van der Waals surface area contributed by atoms with Gasteiger partial charge < -0.3 is 5.32 Å². The number of nitrogens with one attached hydrogen (secondary N) is 1. The zero-order chi connectivity index (χ0) is 11.2. The van der Waals surface area contributed by atoms with Gasteiger partial charge >= 0.3 is 0 Å². The summed E-state index contributed by atoms with van der Waals surface area (Å²) in [5.41, 5.74) is 0. The fourth-order valence-electron chi connectivity index (χ4n) is 1.82. The summed E-state index contributed by atoms with van der Waals surface area (Å²) in [5.74, 6) is 0. The molecule has 2 heterocycles. The van der Waals surface area contributed by atoms with E-state index in [9.17, 15) is 0 Å². The van der Waals surface area contributed by atoms with Crippen molar-refractivity contribution in [3.05, 3.63) is 44.8 Å². The molecular weight excluding hydrogens is 234 g/mol. The van der Waals surface area contributed by atoms with Gasteiger partial charge in [-0.1, -0.05) is 19.1 Å². The molecule has 0 saturated heterocycles. The first-order valence-corrected chi connectivity index (χ1v) is 7.45. The lowest BCUT2D eigenvalue weighted by Gasteiger charge is -2.15. The normalized spacial score (nSPS) is 12.8. The second-order valence-corrected chi connectivity index (χ2v) is 5.76. The van der Waals surface area contributed by atoms with E-state index >= 15 is 0 Å². The van der Waals surface area contributed by atoms with E-state index in [1.165, 1.54) is 22.6 Å². The molecule has 0 radical (unpaired) electrons. The lowest BCUT2D eigenvalue weighted by atomic mass is 10.1. The van der Waals surface area contributed by atoms with E-state index < -0.39 is 0 Å². The van der Waals surface area contributed by atoms with Crippen LogP contribution in [0.4, 0.5) is 0 Å². The van der Waals surface area contributed by atoms with Crippen molar-refractivity contribution in [3.8, 4) is 0 Å². The van der Waals surface area contributed by atoms with Crippen molar-refractivity contribution in [1.29, 1.82) is 0 Å². The van der Waals surface area contributed by atoms with E-state index in [2.05, 4.69) is 47.3 Å². The molecule has 2 rings (SSSR count). The third-order valence-electron chi connectivity index (χ3n) is 2.60. The maximum atomic E-state index is 3.56. The van der Waals surface area contributed by atoms with Crippen LogP contribution >= 0.6 is 22.7 Å². The Kier molecular flexibility index (Phi) is 4.57. The van der Waals surface area contributed by atoms with E-state index in [4.69, 9.17) is 0 Å². The Hall–Kier alpha value is -0.640. The van der Waals surface area contributed by atoms with Gasteiger partial charge in [0.15, 0.2) is 0 Å². The average molecular weight is 251 g/mol. The summed E-state index contributed by atoms with van der Waals surface area (Å²) in [6, 6.07) is 9.24. The van der Waals surface area contributed by atoms with Gasteiger partial charge in [-0.2, -0.15) is 0 Å². The van der Waals surface area contributed by atoms with Crippen LogP contribution in [0.1, 0.15) is 29.1 Å². The maximum Gasteiger partial charge on any atom is 0.0418 e. The standard InChI is InChI=1S/C13H17NS2/c1-2-14-12(13-6-4-10-16-13)8-7-11-5-3-9-15-11/h3-6,9-10,12,14H,2,7-8H2,1H3.